The highest BCUT2D eigenvalue weighted by Gasteiger charge is 2.53. The Morgan fingerprint density at radius 1 is 0.935 bits per heavy atom. The number of rotatable bonds is 8. The van der Waals surface area contributed by atoms with Crippen LogP contribution in [0.2, 0.25) is 0 Å². The first-order chi connectivity index (χ1) is 14.8. The number of benzene rings is 2. The van der Waals surface area contributed by atoms with Gasteiger partial charge in [0.15, 0.2) is 0 Å². The zero-order valence-electron chi connectivity index (χ0n) is 16.5. The highest BCUT2D eigenvalue weighted by molar-refractivity contribution is 7.89. The van der Waals surface area contributed by atoms with E-state index in [4.69, 9.17) is 4.74 Å². The summed E-state index contributed by atoms with van der Waals surface area (Å²) in [6.45, 7) is 0.263. The molecular formula is C22H22N2O6S. The molecule has 4 rings (SSSR count). The molecule has 9 heteroatoms. The van der Waals surface area contributed by atoms with E-state index in [1.807, 2.05) is 30.3 Å². The van der Waals surface area contributed by atoms with E-state index in [-0.39, 0.29) is 11.4 Å². The highest BCUT2D eigenvalue weighted by atomic mass is 32.2. The molecule has 0 spiro atoms. The molecule has 0 saturated carbocycles. The molecule has 1 saturated heterocycles. The standard InChI is InChI=1S/C22H22N2O6S/c25-21(19-17-10-11-18(30-17)20(19)22(26)27)24-15-6-8-16(9-7-15)31(28,29)23-13-12-14-4-2-1-3-5-14/h1-11,17-20,23H,12-13H2,(H,24,25)(H,26,27). The van der Waals surface area contributed by atoms with Gasteiger partial charge in [-0.2, -0.15) is 0 Å². The van der Waals surface area contributed by atoms with Crippen LogP contribution in [0, 0.1) is 11.8 Å². The molecule has 2 heterocycles. The van der Waals surface area contributed by atoms with Crippen molar-refractivity contribution in [3.63, 3.8) is 0 Å². The molecule has 8 nitrogen and oxygen atoms in total. The summed E-state index contributed by atoms with van der Waals surface area (Å²) in [4.78, 5) is 24.3. The van der Waals surface area contributed by atoms with Gasteiger partial charge in [0.05, 0.1) is 23.0 Å². The van der Waals surface area contributed by atoms with Crippen molar-refractivity contribution in [1.82, 2.24) is 4.72 Å². The Morgan fingerprint density at radius 2 is 1.58 bits per heavy atom. The number of anilines is 1. The maximum absolute atomic E-state index is 12.7. The van der Waals surface area contributed by atoms with Crippen molar-refractivity contribution in [2.24, 2.45) is 11.8 Å². The van der Waals surface area contributed by atoms with Crippen LogP contribution in [-0.4, -0.2) is 44.2 Å². The number of nitrogens with one attached hydrogen (secondary N) is 2. The molecule has 2 aromatic rings. The van der Waals surface area contributed by atoms with E-state index in [1.54, 1.807) is 12.2 Å². The van der Waals surface area contributed by atoms with Crippen molar-refractivity contribution in [2.75, 3.05) is 11.9 Å². The maximum atomic E-state index is 12.7. The molecule has 0 aromatic heterocycles. The number of hydrogen-bond acceptors (Lipinski definition) is 5. The van der Waals surface area contributed by atoms with Gasteiger partial charge < -0.3 is 15.2 Å². The van der Waals surface area contributed by atoms with E-state index in [2.05, 4.69) is 10.0 Å². The van der Waals surface area contributed by atoms with Crippen LogP contribution in [-0.2, 0) is 30.8 Å². The molecular weight excluding hydrogens is 420 g/mol. The third kappa shape index (κ3) is 4.53. The van der Waals surface area contributed by atoms with Crippen LogP contribution < -0.4 is 10.0 Å². The van der Waals surface area contributed by atoms with Crippen LogP contribution in [0.4, 0.5) is 5.69 Å². The molecule has 2 aromatic carbocycles. The first-order valence-corrected chi connectivity index (χ1v) is 11.3. The number of aliphatic carboxylic acids is 1. The lowest BCUT2D eigenvalue weighted by Gasteiger charge is -2.21. The topological polar surface area (TPSA) is 122 Å². The Bertz CT molecular complexity index is 1100. The minimum Gasteiger partial charge on any atom is -0.481 e. The molecule has 4 atom stereocenters. The number of carbonyl (C=O) groups excluding carboxylic acids is 1. The van der Waals surface area contributed by atoms with Gasteiger partial charge in [0, 0.05) is 12.2 Å². The summed E-state index contributed by atoms with van der Waals surface area (Å²) in [6, 6.07) is 15.3. The predicted octanol–water partition coefficient (Wildman–Crippen LogP) is 1.80. The molecule has 1 amide bonds. The van der Waals surface area contributed by atoms with E-state index in [0.29, 0.717) is 12.1 Å². The summed E-state index contributed by atoms with van der Waals surface area (Å²) in [7, 11) is -3.69. The van der Waals surface area contributed by atoms with E-state index >= 15 is 0 Å². The minimum atomic E-state index is -3.69. The fourth-order valence-electron chi connectivity index (χ4n) is 3.92. The van der Waals surface area contributed by atoms with Crippen molar-refractivity contribution in [3.8, 4) is 0 Å². The van der Waals surface area contributed by atoms with Gasteiger partial charge in [-0.1, -0.05) is 42.5 Å². The zero-order chi connectivity index (χ0) is 22.0. The Hall–Kier alpha value is -3.01. The van der Waals surface area contributed by atoms with Crippen molar-refractivity contribution < 1.29 is 27.9 Å². The highest BCUT2D eigenvalue weighted by Crippen LogP contribution is 2.39. The Balaban J connectivity index is 1.37. The van der Waals surface area contributed by atoms with Gasteiger partial charge >= 0.3 is 5.97 Å². The second-order valence-corrected chi connectivity index (χ2v) is 9.25. The number of ether oxygens (including phenoxy) is 1. The van der Waals surface area contributed by atoms with Crippen LogP contribution >= 0.6 is 0 Å². The van der Waals surface area contributed by atoms with Crippen LogP contribution in [0.15, 0.2) is 71.6 Å². The number of amides is 1. The van der Waals surface area contributed by atoms with E-state index < -0.39 is 45.9 Å². The summed E-state index contributed by atoms with van der Waals surface area (Å²) in [6.07, 6.45) is 2.76. The van der Waals surface area contributed by atoms with Crippen LogP contribution in [0.25, 0.3) is 0 Å². The van der Waals surface area contributed by atoms with Gasteiger partial charge in [0.25, 0.3) is 0 Å². The summed E-state index contributed by atoms with van der Waals surface area (Å²) < 4.78 is 33.0. The van der Waals surface area contributed by atoms with Gasteiger partial charge in [0.2, 0.25) is 15.9 Å². The second-order valence-electron chi connectivity index (χ2n) is 7.49. The van der Waals surface area contributed by atoms with E-state index in [1.165, 1.54) is 24.3 Å². The molecule has 2 aliphatic heterocycles. The van der Waals surface area contributed by atoms with Gasteiger partial charge in [0.1, 0.15) is 5.92 Å². The SMILES string of the molecule is O=C(O)C1C2C=CC(O2)C1C(=O)Nc1ccc(S(=O)(=O)NCCc2ccccc2)cc1. The lowest BCUT2D eigenvalue weighted by molar-refractivity contribution is -0.145. The zero-order valence-corrected chi connectivity index (χ0v) is 17.3. The lowest BCUT2D eigenvalue weighted by atomic mass is 9.82. The fourth-order valence-corrected chi connectivity index (χ4v) is 4.95. The lowest BCUT2D eigenvalue weighted by Crippen LogP contribution is -2.39. The second kappa shape index (κ2) is 8.62. The Labute approximate surface area is 180 Å². The summed E-state index contributed by atoms with van der Waals surface area (Å²) in [5, 5.41) is 12.1. The van der Waals surface area contributed by atoms with Crippen molar-refractivity contribution in [3.05, 3.63) is 72.3 Å². The molecule has 2 bridgehead atoms. The predicted molar refractivity (Wildman–Crippen MR) is 113 cm³/mol. The maximum Gasteiger partial charge on any atom is 0.310 e. The third-order valence-electron chi connectivity index (χ3n) is 5.47. The van der Waals surface area contributed by atoms with Crippen LogP contribution in [0.3, 0.4) is 0 Å². The smallest absolute Gasteiger partial charge is 0.310 e. The summed E-state index contributed by atoms with van der Waals surface area (Å²) in [5.41, 5.74) is 1.41. The monoisotopic (exact) mass is 442 g/mol. The first-order valence-electron chi connectivity index (χ1n) is 9.86. The van der Waals surface area contributed by atoms with Crippen molar-refractivity contribution in [1.29, 1.82) is 0 Å². The number of carboxylic acids is 1. The van der Waals surface area contributed by atoms with E-state index in [9.17, 15) is 23.1 Å². The van der Waals surface area contributed by atoms with Crippen molar-refractivity contribution >= 4 is 27.6 Å². The summed E-state index contributed by atoms with van der Waals surface area (Å²) >= 11 is 0. The number of hydrogen-bond donors (Lipinski definition) is 3. The number of fused-ring (bicyclic) bond motifs is 2. The Morgan fingerprint density at radius 3 is 2.23 bits per heavy atom. The molecule has 0 aliphatic carbocycles. The van der Waals surface area contributed by atoms with Crippen LogP contribution in [0.5, 0.6) is 0 Å². The number of carbonyl (C=O) groups is 2. The summed E-state index contributed by atoms with van der Waals surface area (Å²) in [5.74, 6) is -3.33. The van der Waals surface area contributed by atoms with Gasteiger partial charge in [-0.25, -0.2) is 13.1 Å². The fraction of sp³-hybridized carbons (Fsp3) is 0.273. The molecule has 3 N–H and O–H groups in total. The molecule has 4 unspecified atom stereocenters. The molecule has 1 fully saturated rings. The molecule has 31 heavy (non-hydrogen) atoms. The molecule has 0 radical (unpaired) electrons. The van der Waals surface area contributed by atoms with E-state index in [0.717, 1.165) is 5.56 Å². The normalized spacial score (nSPS) is 24.3. The van der Waals surface area contributed by atoms with Gasteiger partial charge in [-0.15, -0.1) is 0 Å². The number of carboxylic acid groups (broad SMARTS) is 1. The Kier molecular flexibility index (Phi) is 5.90. The first kappa shape index (κ1) is 21.2. The van der Waals surface area contributed by atoms with Gasteiger partial charge in [-0.3, -0.25) is 9.59 Å². The van der Waals surface area contributed by atoms with Crippen LogP contribution in [0.1, 0.15) is 5.56 Å². The number of sulfonamides is 1. The largest absolute Gasteiger partial charge is 0.481 e. The molecule has 162 valence electrons. The molecule has 2 aliphatic rings. The third-order valence-corrected chi connectivity index (χ3v) is 6.95. The van der Waals surface area contributed by atoms with Crippen molar-refractivity contribution in [2.45, 2.75) is 23.5 Å². The quantitative estimate of drug-likeness (QED) is 0.536. The average molecular weight is 442 g/mol. The minimum absolute atomic E-state index is 0.0770. The van der Waals surface area contributed by atoms with Gasteiger partial charge in [-0.05, 0) is 36.2 Å². The average Bonchev–Trinajstić information content (AvgIpc) is 3.36.